The normalized spacial score (nSPS) is 17.5. The molecule has 1 aromatic heterocycles. The highest BCUT2D eigenvalue weighted by Crippen LogP contribution is 2.33. The summed E-state index contributed by atoms with van der Waals surface area (Å²) in [4.78, 5) is 5.71. The smallest absolute Gasteiger partial charge is 0.140 e. The van der Waals surface area contributed by atoms with Crippen molar-refractivity contribution in [1.29, 1.82) is 0 Å². The van der Waals surface area contributed by atoms with E-state index in [1.165, 1.54) is 10.4 Å². The van der Waals surface area contributed by atoms with E-state index in [4.69, 9.17) is 4.74 Å². The summed E-state index contributed by atoms with van der Waals surface area (Å²) < 4.78 is 5.79. The molecule has 0 aliphatic heterocycles. The maximum absolute atomic E-state index is 9.76. The molecular formula is C15H17NO2S. The summed E-state index contributed by atoms with van der Waals surface area (Å²) in [5.74, 6) is 0.860. The predicted octanol–water partition coefficient (Wildman–Crippen LogP) is 3.32. The maximum Gasteiger partial charge on any atom is 0.140 e. The molecule has 1 aliphatic rings. The zero-order valence-corrected chi connectivity index (χ0v) is 12.0. The fourth-order valence-corrected chi connectivity index (χ4v) is 3.25. The number of aliphatic hydroxyl groups is 1. The summed E-state index contributed by atoms with van der Waals surface area (Å²) >= 11 is 1.68. The molecular weight excluding hydrogens is 258 g/mol. The van der Waals surface area contributed by atoms with Crippen LogP contribution < -0.4 is 4.74 Å². The number of aryl methyl sites for hydroxylation is 3. The lowest BCUT2D eigenvalue weighted by atomic mass is 10.1. The van der Waals surface area contributed by atoms with Gasteiger partial charge in [0.05, 0.1) is 11.8 Å². The first-order valence-corrected chi connectivity index (χ1v) is 7.32. The molecule has 0 fully saturated rings. The number of aliphatic hydroxyl groups excluding tert-OH is 1. The molecule has 0 bridgehead atoms. The third-order valence-corrected chi connectivity index (χ3v) is 4.64. The fourth-order valence-electron chi connectivity index (χ4n) is 2.41. The number of fused-ring (bicyclic) bond motifs is 1. The largest absolute Gasteiger partial charge is 0.486 e. The second kappa shape index (κ2) is 4.94. The zero-order valence-electron chi connectivity index (χ0n) is 11.1. The molecule has 2 aromatic rings. The van der Waals surface area contributed by atoms with Crippen molar-refractivity contribution in [1.82, 2.24) is 4.98 Å². The monoisotopic (exact) mass is 275 g/mol. The molecule has 1 aliphatic carbocycles. The van der Waals surface area contributed by atoms with Crippen LogP contribution in [-0.2, 0) is 13.0 Å². The van der Waals surface area contributed by atoms with E-state index in [1.54, 1.807) is 11.3 Å². The van der Waals surface area contributed by atoms with Crippen molar-refractivity contribution in [3.8, 4) is 5.75 Å². The molecule has 0 spiro atoms. The number of aromatic nitrogens is 1. The van der Waals surface area contributed by atoms with Crippen LogP contribution in [0.4, 0.5) is 0 Å². The number of nitrogens with zero attached hydrogens (tertiary/aromatic N) is 1. The summed E-state index contributed by atoms with van der Waals surface area (Å²) in [5.41, 5.74) is 3.34. The molecule has 3 nitrogen and oxygen atoms in total. The number of hydrogen-bond donors (Lipinski definition) is 1. The van der Waals surface area contributed by atoms with E-state index in [0.717, 1.165) is 34.9 Å². The van der Waals surface area contributed by atoms with E-state index in [-0.39, 0.29) is 6.10 Å². The van der Waals surface area contributed by atoms with Gasteiger partial charge in [-0.1, -0.05) is 6.07 Å². The molecule has 1 atom stereocenters. The lowest BCUT2D eigenvalue weighted by Gasteiger charge is -2.07. The Morgan fingerprint density at radius 1 is 1.42 bits per heavy atom. The van der Waals surface area contributed by atoms with E-state index in [9.17, 15) is 5.11 Å². The number of benzene rings is 1. The molecule has 0 unspecified atom stereocenters. The van der Waals surface area contributed by atoms with Crippen LogP contribution in [0, 0.1) is 13.8 Å². The maximum atomic E-state index is 9.76. The van der Waals surface area contributed by atoms with Crippen LogP contribution in [0.3, 0.4) is 0 Å². The summed E-state index contributed by atoms with van der Waals surface area (Å²) in [6.45, 7) is 4.61. The van der Waals surface area contributed by atoms with Crippen molar-refractivity contribution >= 4 is 11.3 Å². The SMILES string of the molecule is Cc1nc(COc2ccc3c(c2)CC[C@H]3O)sc1C. The predicted molar refractivity (Wildman–Crippen MR) is 75.6 cm³/mol. The van der Waals surface area contributed by atoms with Gasteiger partial charge in [0.2, 0.25) is 0 Å². The van der Waals surface area contributed by atoms with Gasteiger partial charge in [-0.25, -0.2) is 4.98 Å². The minimum Gasteiger partial charge on any atom is -0.486 e. The third kappa shape index (κ3) is 2.51. The quantitative estimate of drug-likeness (QED) is 0.934. The van der Waals surface area contributed by atoms with Crippen molar-refractivity contribution in [3.63, 3.8) is 0 Å². The molecule has 0 amide bonds. The van der Waals surface area contributed by atoms with Gasteiger partial charge in [0.1, 0.15) is 17.4 Å². The van der Waals surface area contributed by atoms with Crippen LogP contribution in [0.1, 0.15) is 39.2 Å². The second-order valence-electron chi connectivity index (χ2n) is 4.95. The molecule has 3 rings (SSSR count). The van der Waals surface area contributed by atoms with Crippen molar-refractivity contribution in [2.24, 2.45) is 0 Å². The number of hydrogen-bond acceptors (Lipinski definition) is 4. The van der Waals surface area contributed by atoms with E-state index in [1.807, 2.05) is 25.1 Å². The van der Waals surface area contributed by atoms with Gasteiger partial charge < -0.3 is 9.84 Å². The van der Waals surface area contributed by atoms with Crippen molar-refractivity contribution < 1.29 is 9.84 Å². The number of ether oxygens (including phenoxy) is 1. The lowest BCUT2D eigenvalue weighted by molar-refractivity contribution is 0.180. The second-order valence-corrected chi connectivity index (χ2v) is 6.24. The van der Waals surface area contributed by atoms with Gasteiger partial charge in [-0.05, 0) is 49.9 Å². The van der Waals surface area contributed by atoms with Gasteiger partial charge in [-0.3, -0.25) is 0 Å². The van der Waals surface area contributed by atoms with Crippen molar-refractivity contribution in [3.05, 3.63) is 44.9 Å². The number of rotatable bonds is 3. The first-order valence-electron chi connectivity index (χ1n) is 6.50. The van der Waals surface area contributed by atoms with E-state index in [2.05, 4.69) is 11.9 Å². The molecule has 0 radical (unpaired) electrons. The molecule has 1 N–H and O–H groups in total. The van der Waals surface area contributed by atoms with E-state index < -0.39 is 0 Å². The Kier molecular flexibility index (Phi) is 3.29. The lowest BCUT2D eigenvalue weighted by Crippen LogP contribution is -1.96. The Bertz CT molecular complexity index is 587. The van der Waals surface area contributed by atoms with Gasteiger partial charge in [-0.2, -0.15) is 0 Å². The molecule has 1 aromatic carbocycles. The highest BCUT2D eigenvalue weighted by Gasteiger charge is 2.20. The summed E-state index contributed by atoms with van der Waals surface area (Å²) in [5, 5.41) is 10.8. The van der Waals surface area contributed by atoms with Crippen molar-refractivity contribution in [2.75, 3.05) is 0 Å². The molecule has 1 heterocycles. The average molecular weight is 275 g/mol. The van der Waals surface area contributed by atoms with Gasteiger partial charge in [0, 0.05) is 4.88 Å². The van der Waals surface area contributed by atoms with Crippen LogP contribution in [0.15, 0.2) is 18.2 Å². The Balaban J connectivity index is 1.71. The van der Waals surface area contributed by atoms with Crippen LogP contribution in [0.5, 0.6) is 5.75 Å². The molecule has 4 heteroatoms. The van der Waals surface area contributed by atoms with Crippen LogP contribution in [0.2, 0.25) is 0 Å². The van der Waals surface area contributed by atoms with Crippen LogP contribution in [-0.4, -0.2) is 10.1 Å². The summed E-state index contributed by atoms with van der Waals surface area (Å²) in [7, 11) is 0. The molecule has 0 saturated carbocycles. The standard InChI is InChI=1S/C15H17NO2S/c1-9-10(2)19-15(16-9)8-18-12-4-5-13-11(7-12)3-6-14(13)17/h4-5,7,14,17H,3,6,8H2,1-2H3/t14-/m1/s1. The minimum atomic E-state index is -0.298. The van der Waals surface area contributed by atoms with Crippen LogP contribution in [0.25, 0.3) is 0 Å². The topological polar surface area (TPSA) is 42.4 Å². The minimum absolute atomic E-state index is 0.298. The molecule has 0 saturated heterocycles. The van der Waals surface area contributed by atoms with Gasteiger partial charge >= 0.3 is 0 Å². The first kappa shape index (κ1) is 12.6. The Morgan fingerprint density at radius 3 is 3.00 bits per heavy atom. The van der Waals surface area contributed by atoms with Crippen molar-refractivity contribution in [2.45, 2.75) is 39.4 Å². The van der Waals surface area contributed by atoms with Crippen LogP contribution >= 0.6 is 11.3 Å². The highest BCUT2D eigenvalue weighted by molar-refractivity contribution is 7.11. The molecule has 19 heavy (non-hydrogen) atoms. The first-order chi connectivity index (χ1) is 9.13. The summed E-state index contributed by atoms with van der Waals surface area (Å²) in [6.07, 6.45) is 1.46. The Morgan fingerprint density at radius 2 is 2.26 bits per heavy atom. The summed E-state index contributed by atoms with van der Waals surface area (Å²) in [6, 6.07) is 5.94. The molecule has 100 valence electrons. The Hall–Kier alpha value is -1.39. The van der Waals surface area contributed by atoms with Gasteiger partial charge in [0.25, 0.3) is 0 Å². The average Bonchev–Trinajstić information content (AvgIpc) is 2.91. The fraction of sp³-hybridized carbons (Fsp3) is 0.400. The van der Waals surface area contributed by atoms with Gasteiger partial charge in [0.15, 0.2) is 0 Å². The van der Waals surface area contributed by atoms with E-state index >= 15 is 0 Å². The van der Waals surface area contributed by atoms with E-state index in [0.29, 0.717) is 6.61 Å². The van der Waals surface area contributed by atoms with Gasteiger partial charge in [-0.15, -0.1) is 11.3 Å². The Labute approximate surface area is 116 Å². The zero-order chi connectivity index (χ0) is 13.4. The number of thiazole rings is 1. The third-order valence-electron chi connectivity index (χ3n) is 3.60. The highest BCUT2D eigenvalue weighted by atomic mass is 32.1.